The molecular weight excluding hydrogens is 466 g/mol. The van der Waals surface area contributed by atoms with Crippen LogP contribution in [0.25, 0.3) is 22.0 Å². The zero-order chi connectivity index (χ0) is 21.3. The Kier molecular flexibility index (Phi) is 9.19. The Bertz CT molecular complexity index is 1200. The summed E-state index contributed by atoms with van der Waals surface area (Å²) in [6.07, 6.45) is 1.19. The topological polar surface area (TPSA) is 37.2 Å². The van der Waals surface area contributed by atoms with Crippen molar-refractivity contribution < 1.29 is 9.50 Å². The Balaban J connectivity index is 0.00000181. The average Bonchev–Trinajstić information content (AvgIpc) is 3.08. The summed E-state index contributed by atoms with van der Waals surface area (Å²) in [6.45, 7) is 0.352. The molecule has 0 fully saturated rings. The number of nitrogens with zero attached hydrogens (tertiary/aromatic N) is 1. The lowest BCUT2D eigenvalue weighted by Crippen LogP contribution is -2.33. The first-order chi connectivity index (χ1) is 14.5. The molecule has 1 aromatic heterocycles. The number of hydrogen-bond acceptors (Lipinski definition) is 2. The first-order valence-corrected chi connectivity index (χ1v) is 10.4. The minimum Gasteiger partial charge on any atom is -0.389 e. The van der Waals surface area contributed by atoms with E-state index in [-0.39, 0.29) is 26.7 Å². The summed E-state index contributed by atoms with van der Waals surface area (Å²) in [5.74, 6) is -0.341. The van der Waals surface area contributed by atoms with Crippen molar-refractivity contribution in [2.24, 2.45) is 0 Å². The fourth-order valence-electron chi connectivity index (χ4n) is 3.94. The van der Waals surface area contributed by atoms with Gasteiger partial charge in [-0.15, -0.1) is 0 Å². The zero-order valence-corrected chi connectivity index (χ0v) is 19.3. The number of likely N-dealkylation sites (N-methyl/N-ethyl adjacent to an activating group) is 1. The second kappa shape index (κ2) is 11.2. The van der Waals surface area contributed by atoms with Crippen LogP contribution in [0.1, 0.15) is 19.0 Å². The predicted octanol–water partition coefficient (Wildman–Crippen LogP) is 6.67. The molecule has 0 bridgehead atoms. The molecule has 0 aliphatic heterocycles. The Hall–Kier alpha value is -2.02. The van der Waals surface area contributed by atoms with E-state index >= 15 is 0 Å². The van der Waals surface area contributed by atoms with E-state index in [1.807, 2.05) is 47.2 Å². The molecule has 0 amide bonds. The first kappa shape index (κ1) is 26.2. The second-order valence-corrected chi connectivity index (χ2v) is 8.06. The van der Waals surface area contributed by atoms with Crippen LogP contribution in [-0.4, -0.2) is 29.4 Å². The van der Waals surface area contributed by atoms with Gasteiger partial charge in [0.1, 0.15) is 5.82 Å². The highest BCUT2D eigenvalue weighted by molar-refractivity contribution is 7.59. The largest absolute Gasteiger partial charge is 0.389 e. The van der Waals surface area contributed by atoms with E-state index in [1.54, 1.807) is 25.2 Å². The van der Waals surface area contributed by atoms with Gasteiger partial charge in [0.25, 0.3) is 0 Å². The van der Waals surface area contributed by atoms with Gasteiger partial charge >= 0.3 is 0 Å². The average molecular weight is 493 g/mol. The summed E-state index contributed by atoms with van der Waals surface area (Å²) in [7, 11) is 1.78. The SMILES string of the molecule is C.CNC[C@@H](O)[C@H](c1cccc(F)c1)n1cc(-c2ccc(Cl)cc2Cl)c2ccccc21.S. The summed E-state index contributed by atoms with van der Waals surface area (Å²) in [5, 5.41) is 16.1. The van der Waals surface area contributed by atoms with Crippen LogP contribution in [-0.2, 0) is 0 Å². The van der Waals surface area contributed by atoms with Gasteiger partial charge in [0.15, 0.2) is 0 Å². The lowest BCUT2D eigenvalue weighted by Gasteiger charge is -2.26. The minimum atomic E-state index is -0.777. The number of fused-ring (bicyclic) bond motifs is 1. The van der Waals surface area contributed by atoms with Gasteiger partial charge in [-0.05, 0) is 42.9 Å². The monoisotopic (exact) mass is 492 g/mol. The molecule has 0 saturated heterocycles. The predicted molar refractivity (Wildman–Crippen MR) is 139 cm³/mol. The van der Waals surface area contributed by atoms with Gasteiger partial charge in [0.05, 0.1) is 12.1 Å². The maximum atomic E-state index is 14.0. The van der Waals surface area contributed by atoms with Gasteiger partial charge in [0, 0.05) is 44.8 Å². The molecule has 32 heavy (non-hydrogen) atoms. The molecule has 1 heterocycles. The maximum Gasteiger partial charge on any atom is 0.123 e. The molecule has 170 valence electrons. The molecule has 2 N–H and O–H groups in total. The number of rotatable bonds is 6. The van der Waals surface area contributed by atoms with Crippen molar-refractivity contribution in [2.75, 3.05) is 13.6 Å². The van der Waals surface area contributed by atoms with E-state index in [0.29, 0.717) is 22.2 Å². The van der Waals surface area contributed by atoms with Crippen LogP contribution in [0.5, 0.6) is 0 Å². The Labute approximate surface area is 205 Å². The summed E-state index contributed by atoms with van der Waals surface area (Å²) < 4.78 is 16.0. The number of hydrogen-bond donors (Lipinski definition) is 2. The van der Waals surface area contributed by atoms with Gasteiger partial charge < -0.3 is 15.0 Å². The van der Waals surface area contributed by atoms with E-state index in [4.69, 9.17) is 23.2 Å². The maximum absolute atomic E-state index is 14.0. The van der Waals surface area contributed by atoms with Gasteiger partial charge in [0.2, 0.25) is 0 Å². The molecular formula is C25H27Cl2FN2OS. The summed E-state index contributed by atoms with van der Waals surface area (Å²) in [5.41, 5.74) is 3.37. The molecule has 4 aromatic rings. The number of benzene rings is 3. The third-order valence-corrected chi connectivity index (χ3v) is 5.78. The first-order valence-electron chi connectivity index (χ1n) is 9.62. The molecule has 2 atom stereocenters. The number of aromatic nitrogens is 1. The molecule has 4 rings (SSSR count). The summed E-state index contributed by atoms with van der Waals surface area (Å²) in [6, 6.07) is 19.2. The molecule has 0 aliphatic carbocycles. The summed E-state index contributed by atoms with van der Waals surface area (Å²) in [4.78, 5) is 0. The van der Waals surface area contributed by atoms with E-state index in [0.717, 1.165) is 22.0 Å². The molecule has 3 aromatic carbocycles. The van der Waals surface area contributed by atoms with Crippen molar-refractivity contribution in [3.05, 3.63) is 94.4 Å². The highest BCUT2D eigenvalue weighted by Crippen LogP contribution is 2.39. The van der Waals surface area contributed by atoms with Gasteiger partial charge in [-0.3, -0.25) is 0 Å². The number of aliphatic hydroxyl groups excluding tert-OH is 1. The standard InChI is InChI=1S/C24H21Cl2FN2O.CH4.H2S/c1-28-13-23(30)24(15-5-4-6-17(27)11-15)29-14-20(19-7-2-3-8-22(19)29)18-10-9-16(25)12-21(18)26;;/h2-12,14,23-24,28,30H,13H2,1H3;1H4;1H2/t23-,24+;;/m1../s1. The van der Waals surface area contributed by atoms with E-state index in [1.165, 1.54) is 12.1 Å². The molecule has 0 saturated carbocycles. The van der Waals surface area contributed by atoms with E-state index in [2.05, 4.69) is 5.32 Å². The van der Waals surface area contributed by atoms with Crippen LogP contribution < -0.4 is 5.32 Å². The quantitative estimate of drug-likeness (QED) is 0.315. The molecule has 0 aliphatic rings. The fraction of sp³-hybridized carbons (Fsp3) is 0.200. The highest BCUT2D eigenvalue weighted by Gasteiger charge is 2.26. The zero-order valence-electron chi connectivity index (χ0n) is 16.8. The third kappa shape index (κ3) is 5.13. The molecule has 0 unspecified atom stereocenters. The van der Waals surface area contributed by atoms with E-state index in [9.17, 15) is 9.50 Å². The number of aliphatic hydroxyl groups is 1. The Morgan fingerprint density at radius 1 is 1.00 bits per heavy atom. The van der Waals surface area contributed by atoms with Crippen molar-refractivity contribution in [3.8, 4) is 11.1 Å². The van der Waals surface area contributed by atoms with Crippen LogP contribution in [0, 0.1) is 5.82 Å². The second-order valence-electron chi connectivity index (χ2n) is 7.22. The number of nitrogens with one attached hydrogen (secondary N) is 1. The van der Waals surface area contributed by atoms with Gasteiger partial charge in [-0.25, -0.2) is 4.39 Å². The molecule has 3 nitrogen and oxygen atoms in total. The van der Waals surface area contributed by atoms with Crippen LogP contribution in [0.2, 0.25) is 10.0 Å². The third-order valence-electron chi connectivity index (χ3n) is 5.23. The Morgan fingerprint density at radius 2 is 1.75 bits per heavy atom. The van der Waals surface area contributed by atoms with Crippen LogP contribution in [0.15, 0.2) is 72.9 Å². The lowest BCUT2D eigenvalue weighted by molar-refractivity contribution is 0.132. The Morgan fingerprint density at radius 3 is 2.44 bits per heavy atom. The van der Waals surface area contributed by atoms with Crippen molar-refractivity contribution in [1.82, 2.24) is 9.88 Å². The van der Waals surface area contributed by atoms with Crippen molar-refractivity contribution in [1.29, 1.82) is 0 Å². The number of para-hydroxylation sites is 1. The normalized spacial score (nSPS) is 12.7. The van der Waals surface area contributed by atoms with Crippen molar-refractivity contribution in [2.45, 2.75) is 19.6 Å². The van der Waals surface area contributed by atoms with Crippen LogP contribution in [0.3, 0.4) is 0 Å². The smallest absolute Gasteiger partial charge is 0.123 e. The van der Waals surface area contributed by atoms with Gasteiger partial charge in [-0.2, -0.15) is 13.5 Å². The lowest BCUT2D eigenvalue weighted by atomic mass is 10.0. The molecule has 0 spiro atoms. The van der Waals surface area contributed by atoms with Crippen molar-refractivity contribution >= 4 is 47.6 Å². The van der Waals surface area contributed by atoms with Crippen LogP contribution in [0.4, 0.5) is 4.39 Å². The van der Waals surface area contributed by atoms with Crippen LogP contribution >= 0.6 is 36.7 Å². The van der Waals surface area contributed by atoms with E-state index < -0.39 is 12.1 Å². The minimum absolute atomic E-state index is 0. The summed E-state index contributed by atoms with van der Waals surface area (Å²) >= 11 is 12.6. The molecule has 7 heteroatoms. The van der Waals surface area contributed by atoms with Crippen molar-refractivity contribution in [3.63, 3.8) is 0 Å². The highest BCUT2D eigenvalue weighted by atomic mass is 35.5. The number of halogens is 3. The fourth-order valence-corrected chi connectivity index (χ4v) is 4.45. The van der Waals surface area contributed by atoms with Gasteiger partial charge in [-0.1, -0.05) is 67.0 Å². The molecule has 0 radical (unpaired) electrons.